The number of hydrogen-bond donors (Lipinski definition) is 3. The van der Waals surface area contributed by atoms with Gasteiger partial charge >= 0.3 is 0 Å². The van der Waals surface area contributed by atoms with Gasteiger partial charge in [-0.15, -0.1) is 0 Å². The first-order valence-electron chi connectivity index (χ1n) is 7.05. The van der Waals surface area contributed by atoms with E-state index >= 15 is 0 Å². The van der Waals surface area contributed by atoms with Crippen LogP contribution in [0, 0.1) is 6.92 Å². The average Bonchev–Trinajstić information content (AvgIpc) is 2.93. The van der Waals surface area contributed by atoms with Crippen molar-refractivity contribution in [3.63, 3.8) is 0 Å². The molecule has 0 spiro atoms. The molecule has 5 nitrogen and oxygen atoms in total. The Labute approximate surface area is 119 Å². The van der Waals surface area contributed by atoms with Crippen molar-refractivity contribution in [2.75, 3.05) is 26.2 Å². The zero-order valence-electron chi connectivity index (χ0n) is 11.8. The minimum absolute atomic E-state index is 0.0592. The first-order valence-corrected chi connectivity index (χ1v) is 7.05. The van der Waals surface area contributed by atoms with Gasteiger partial charge in [0.15, 0.2) is 0 Å². The number of amides is 1. The van der Waals surface area contributed by atoms with E-state index in [-0.39, 0.29) is 18.3 Å². The highest BCUT2D eigenvalue weighted by atomic mass is 16.3. The monoisotopic (exact) mass is 278 g/mol. The zero-order valence-corrected chi connectivity index (χ0v) is 11.8. The molecular formula is C15H22N2O3. The maximum atomic E-state index is 12.5. The van der Waals surface area contributed by atoms with Crippen LogP contribution in [0.1, 0.15) is 28.8 Å². The van der Waals surface area contributed by atoms with Crippen molar-refractivity contribution < 1.29 is 15.0 Å². The summed E-state index contributed by atoms with van der Waals surface area (Å²) in [6.07, 6.45) is 2.17. The number of aliphatic hydroxyl groups is 1. The predicted molar refractivity (Wildman–Crippen MR) is 76.9 cm³/mol. The lowest BCUT2D eigenvalue weighted by atomic mass is 10.1. The van der Waals surface area contributed by atoms with E-state index in [0.717, 1.165) is 24.9 Å². The summed E-state index contributed by atoms with van der Waals surface area (Å²) in [6, 6.07) is 5.23. The van der Waals surface area contributed by atoms with Crippen molar-refractivity contribution in [1.82, 2.24) is 10.2 Å². The molecule has 1 atom stereocenters. The molecule has 0 saturated carbocycles. The number of phenols is 1. The van der Waals surface area contributed by atoms with E-state index in [9.17, 15) is 9.90 Å². The summed E-state index contributed by atoms with van der Waals surface area (Å²) in [5, 5.41) is 22.2. The van der Waals surface area contributed by atoms with Crippen LogP contribution in [0.25, 0.3) is 0 Å². The van der Waals surface area contributed by atoms with E-state index in [2.05, 4.69) is 5.32 Å². The molecule has 2 rings (SSSR count). The zero-order chi connectivity index (χ0) is 14.5. The minimum atomic E-state index is -0.150. The number of hydrogen-bond acceptors (Lipinski definition) is 4. The smallest absolute Gasteiger partial charge is 0.254 e. The molecule has 1 aliphatic heterocycles. The lowest BCUT2D eigenvalue weighted by Crippen LogP contribution is -2.42. The Morgan fingerprint density at radius 2 is 2.30 bits per heavy atom. The van der Waals surface area contributed by atoms with Crippen LogP contribution in [0.5, 0.6) is 5.75 Å². The number of rotatable bonds is 5. The maximum Gasteiger partial charge on any atom is 0.254 e. The van der Waals surface area contributed by atoms with Gasteiger partial charge in [-0.3, -0.25) is 4.79 Å². The van der Waals surface area contributed by atoms with Gasteiger partial charge in [0.2, 0.25) is 0 Å². The number of nitrogens with zero attached hydrogens (tertiary/aromatic N) is 1. The van der Waals surface area contributed by atoms with Crippen LogP contribution in [0.15, 0.2) is 18.2 Å². The third-order valence-electron chi connectivity index (χ3n) is 3.72. The standard InChI is InChI=1S/C15H22N2O3/c1-11-4-5-12(9-14(11)19)15(20)17(7-8-18)10-13-3-2-6-16-13/h4-5,9,13,16,18-19H,2-3,6-8,10H2,1H3. The number of phenolic OH excluding ortho intramolecular Hbond substituents is 1. The van der Waals surface area contributed by atoms with E-state index in [0.29, 0.717) is 24.7 Å². The number of carbonyl (C=O) groups is 1. The highest BCUT2D eigenvalue weighted by molar-refractivity contribution is 5.94. The quantitative estimate of drug-likeness (QED) is 0.748. The van der Waals surface area contributed by atoms with E-state index in [4.69, 9.17) is 5.11 Å². The van der Waals surface area contributed by atoms with Crippen LogP contribution >= 0.6 is 0 Å². The summed E-state index contributed by atoms with van der Waals surface area (Å²) in [6.45, 7) is 3.62. The lowest BCUT2D eigenvalue weighted by Gasteiger charge is -2.25. The normalized spacial score (nSPS) is 18.2. The van der Waals surface area contributed by atoms with Crippen LogP contribution in [-0.4, -0.2) is 53.3 Å². The summed E-state index contributed by atoms with van der Waals surface area (Å²) >= 11 is 0. The topological polar surface area (TPSA) is 72.8 Å². The summed E-state index contributed by atoms with van der Waals surface area (Å²) in [7, 11) is 0. The third kappa shape index (κ3) is 3.49. The van der Waals surface area contributed by atoms with Crippen molar-refractivity contribution in [2.24, 2.45) is 0 Å². The number of aryl methyl sites for hydroxylation is 1. The largest absolute Gasteiger partial charge is 0.508 e. The summed E-state index contributed by atoms with van der Waals surface area (Å²) in [4.78, 5) is 14.1. The molecule has 0 radical (unpaired) electrons. The Morgan fingerprint density at radius 1 is 1.50 bits per heavy atom. The average molecular weight is 278 g/mol. The van der Waals surface area contributed by atoms with Crippen molar-refractivity contribution in [1.29, 1.82) is 0 Å². The molecule has 3 N–H and O–H groups in total. The SMILES string of the molecule is Cc1ccc(C(=O)N(CCO)CC2CCCN2)cc1O. The first-order chi connectivity index (χ1) is 9.61. The van der Waals surface area contributed by atoms with Crippen LogP contribution in [-0.2, 0) is 0 Å². The maximum absolute atomic E-state index is 12.5. The number of aliphatic hydroxyl groups excluding tert-OH is 1. The molecule has 1 aromatic rings. The Balaban J connectivity index is 2.10. The highest BCUT2D eigenvalue weighted by Crippen LogP contribution is 2.19. The second-order valence-corrected chi connectivity index (χ2v) is 5.27. The van der Waals surface area contributed by atoms with Gasteiger partial charge in [-0.25, -0.2) is 0 Å². The van der Waals surface area contributed by atoms with Crippen LogP contribution in [0.2, 0.25) is 0 Å². The molecule has 110 valence electrons. The van der Waals surface area contributed by atoms with Gasteiger partial charge in [0, 0.05) is 24.7 Å². The predicted octanol–water partition coefficient (Wildman–Crippen LogP) is 0.887. The highest BCUT2D eigenvalue weighted by Gasteiger charge is 2.22. The Morgan fingerprint density at radius 3 is 2.90 bits per heavy atom. The molecular weight excluding hydrogens is 256 g/mol. The fourth-order valence-corrected chi connectivity index (χ4v) is 2.50. The number of nitrogens with one attached hydrogen (secondary N) is 1. The molecule has 0 aromatic heterocycles. The molecule has 1 fully saturated rings. The molecule has 0 aliphatic carbocycles. The van der Waals surface area contributed by atoms with Crippen LogP contribution < -0.4 is 5.32 Å². The van der Waals surface area contributed by atoms with Crippen molar-refractivity contribution in [3.05, 3.63) is 29.3 Å². The second kappa shape index (κ2) is 6.72. The molecule has 1 aliphatic rings. The summed E-state index contributed by atoms with van der Waals surface area (Å²) < 4.78 is 0. The van der Waals surface area contributed by atoms with Crippen molar-refractivity contribution >= 4 is 5.91 Å². The Kier molecular flexibility index (Phi) is 4.98. The number of aromatic hydroxyl groups is 1. The Bertz CT molecular complexity index is 470. The molecule has 1 aromatic carbocycles. The fraction of sp³-hybridized carbons (Fsp3) is 0.533. The van der Waals surface area contributed by atoms with Gasteiger partial charge in [-0.2, -0.15) is 0 Å². The van der Waals surface area contributed by atoms with Crippen molar-refractivity contribution in [3.8, 4) is 5.75 Å². The van der Waals surface area contributed by atoms with Gasteiger partial charge < -0.3 is 20.4 Å². The Hall–Kier alpha value is -1.59. The number of benzene rings is 1. The van der Waals surface area contributed by atoms with Gasteiger partial charge in [-0.1, -0.05) is 6.07 Å². The summed E-state index contributed by atoms with van der Waals surface area (Å²) in [5.74, 6) is -0.0261. The number of carbonyl (C=O) groups excluding carboxylic acids is 1. The first kappa shape index (κ1) is 14.8. The fourth-order valence-electron chi connectivity index (χ4n) is 2.50. The molecule has 1 unspecified atom stereocenters. The molecule has 0 bridgehead atoms. The van der Waals surface area contributed by atoms with E-state index in [1.807, 2.05) is 0 Å². The molecule has 1 amide bonds. The van der Waals surface area contributed by atoms with E-state index in [1.165, 1.54) is 6.07 Å². The van der Waals surface area contributed by atoms with Crippen LogP contribution in [0.4, 0.5) is 0 Å². The molecule has 20 heavy (non-hydrogen) atoms. The third-order valence-corrected chi connectivity index (χ3v) is 3.72. The van der Waals surface area contributed by atoms with Gasteiger partial charge in [-0.05, 0) is 44.0 Å². The lowest BCUT2D eigenvalue weighted by molar-refractivity contribution is 0.0706. The van der Waals surface area contributed by atoms with Crippen LogP contribution in [0.3, 0.4) is 0 Å². The van der Waals surface area contributed by atoms with Gasteiger partial charge in [0.05, 0.1) is 6.61 Å². The van der Waals surface area contributed by atoms with E-state index in [1.54, 1.807) is 24.0 Å². The van der Waals surface area contributed by atoms with E-state index < -0.39 is 0 Å². The minimum Gasteiger partial charge on any atom is -0.508 e. The van der Waals surface area contributed by atoms with Crippen molar-refractivity contribution in [2.45, 2.75) is 25.8 Å². The van der Waals surface area contributed by atoms with Gasteiger partial charge in [0.1, 0.15) is 5.75 Å². The molecule has 1 heterocycles. The molecule has 5 heteroatoms. The molecule has 1 saturated heterocycles. The van der Waals surface area contributed by atoms with Gasteiger partial charge in [0.25, 0.3) is 5.91 Å². The summed E-state index contributed by atoms with van der Waals surface area (Å²) in [5.41, 5.74) is 1.20. The second-order valence-electron chi connectivity index (χ2n) is 5.27.